The molecule has 0 spiro atoms. The molecule has 1 aromatic rings. The average Bonchev–Trinajstić information content (AvgIpc) is 2.82. The lowest BCUT2D eigenvalue weighted by atomic mass is 10.1. The standard InChI is InChI=1S/C13H16BrNO2/c1-17-10-4-5-12(14)11(8-10)13(16)9-15-6-2-3-7-15/h4-5,8H,2-3,6-7,9H2,1H3. The molecule has 0 radical (unpaired) electrons. The van der Waals surface area contributed by atoms with Crippen LogP contribution >= 0.6 is 15.9 Å². The van der Waals surface area contributed by atoms with Crippen LogP contribution in [0.2, 0.25) is 0 Å². The van der Waals surface area contributed by atoms with E-state index in [1.54, 1.807) is 13.2 Å². The summed E-state index contributed by atoms with van der Waals surface area (Å²) in [6.07, 6.45) is 2.40. The number of likely N-dealkylation sites (tertiary alicyclic amines) is 1. The molecular weight excluding hydrogens is 282 g/mol. The smallest absolute Gasteiger partial charge is 0.178 e. The molecule has 2 rings (SSSR count). The number of carbonyl (C=O) groups excluding carboxylic acids is 1. The summed E-state index contributed by atoms with van der Waals surface area (Å²) in [6, 6.07) is 5.50. The number of halogens is 1. The number of hydrogen-bond acceptors (Lipinski definition) is 3. The molecule has 17 heavy (non-hydrogen) atoms. The molecule has 1 aliphatic rings. The molecule has 1 heterocycles. The molecule has 4 heteroatoms. The van der Waals surface area contributed by atoms with E-state index in [0.717, 1.165) is 23.3 Å². The van der Waals surface area contributed by atoms with Crippen LogP contribution in [0.4, 0.5) is 0 Å². The number of ether oxygens (including phenoxy) is 1. The Morgan fingerprint density at radius 3 is 2.76 bits per heavy atom. The molecule has 92 valence electrons. The van der Waals surface area contributed by atoms with Crippen molar-refractivity contribution in [2.75, 3.05) is 26.7 Å². The van der Waals surface area contributed by atoms with Crippen LogP contribution in [0.3, 0.4) is 0 Å². The number of Topliss-reactive ketones (excluding diaryl/α,β-unsaturated/α-hetero) is 1. The van der Waals surface area contributed by atoms with E-state index in [1.807, 2.05) is 12.1 Å². The first-order valence-electron chi connectivity index (χ1n) is 5.80. The van der Waals surface area contributed by atoms with Crippen molar-refractivity contribution in [3.8, 4) is 5.75 Å². The lowest BCUT2D eigenvalue weighted by Crippen LogP contribution is -2.27. The van der Waals surface area contributed by atoms with Crippen LogP contribution in [0.25, 0.3) is 0 Å². The maximum absolute atomic E-state index is 12.2. The SMILES string of the molecule is COc1ccc(Br)c(C(=O)CN2CCCC2)c1. The zero-order chi connectivity index (χ0) is 12.3. The number of methoxy groups -OCH3 is 1. The van der Waals surface area contributed by atoms with Gasteiger partial charge < -0.3 is 4.74 Å². The molecule has 1 aromatic carbocycles. The molecule has 0 N–H and O–H groups in total. The minimum absolute atomic E-state index is 0.151. The van der Waals surface area contributed by atoms with Gasteiger partial charge in [-0.25, -0.2) is 0 Å². The van der Waals surface area contributed by atoms with Gasteiger partial charge in [-0.3, -0.25) is 9.69 Å². The second-order valence-corrected chi connectivity index (χ2v) is 5.11. The highest BCUT2D eigenvalue weighted by molar-refractivity contribution is 9.10. The van der Waals surface area contributed by atoms with Gasteiger partial charge in [0.1, 0.15) is 5.75 Å². The Kier molecular flexibility index (Phi) is 4.18. The minimum Gasteiger partial charge on any atom is -0.497 e. The van der Waals surface area contributed by atoms with Gasteiger partial charge in [0.25, 0.3) is 0 Å². The number of hydrogen-bond donors (Lipinski definition) is 0. The van der Waals surface area contributed by atoms with Gasteiger partial charge >= 0.3 is 0 Å². The van der Waals surface area contributed by atoms with Crippen LogP contribution in [0.5, 0.6) is 5.75 Å². The maximum atomic E-state index is 12.2. The molecule has 0 atom stereocenters. The molecule has 0 aliphatic carbocycles. The predicted molar refractivity (Wildman–Crippen MR) is 70.7 cm³/mol. The summed E-state index contributed by atoms with van der Waals surface area (Å²) in [5.74, 6) is 0.871. The zero-order valence-corrected chi connectivity index (χ0v) is 11.5. The number of ketones is 1. The number of nitrogens with zero attached hydrogens (tertiary/aromatic N) is 1. The zero-order valence-electron chi connectivity index (χ0n) is 9.91. The fourth-order valence-electron chi connectivity index (χ4n) is 2.07. The van der Waals surface area contributed by atoms with Crippen molar-refractivity contribution in [2.24, 2.45) is 0 Å². The van der Waals surface area contributed by atoms with Crippen LogP contribution in [0.1, 0.15) is 23.2 Å². The van der Waals surface area contributed by atoms with Crippen molar-refractivity contribution in [1.82, 2.24) is 4.90 Å². The third-order valence-electron chi connectivity index (χ3n) is 3.04. The van der Waals surface area contributed by atoms with Crippen LogP contribution in [0, 0.1) is 0 Å². The molecule has 0 amide bonds. The average molecular weight is 298 g/mol. The van der Waals surface area contributed by atoms with Gasteiger partial charge in [-0.05, 0) is 44.1 Å². The molecule has 1 fully saturated rings. The molecule has 0 saturated carbocycles. The van der Waals surface area contributed by atoms with E-state index in [0.29, 0.717) is 12.1 Å². The highest BCUT2D eigenvalue weighted by Crippen LogP contribution is 2.23. The third kappa shape index (κ3) is 3.07. The maximum Gasteiger partial charge on any atom is 0.178 e. The molecule has 0 bridgehead atoms. The van der Waals surface area contributed by atoms with Gasteiger partial charge in [-0.1, -0.05) is 15.9 Å². The summed E-state index contributed by atoms with van der Waals surface area (Å²) in [5.41, 5.74) is 0.705. The molecule has 0 aromatic heterocycles. The lowest BCUT2D eigenvalue weighted by molar-refractivity contribution is 0.0944. The Labute approximate surface area is 110 Å². The number of rotatable bonds is 4. The Morgan fingerprint density at radius 1 is 1.41 bits per heavy atom. The Bertz CT molecular complexity index is 414. The summed E-state index contributed by atoms with van der Waals surface area (Å²) in [4.78, 5) is 14.4. The Hall–Kier alpha value is -0.870. The highest BCUT2D eigenvalue weighted by Gasteiger charge is 2.18. The van der Waals surface area contributed by atoms with E-state index in [1.165, 1.54) is 12.8 Å². The van der Waals surface area contributed by atoms with Crippen LogP contribution in [-0.2, 0) is 0 Å². The number of carbonyl (C=O) groups is 1. The first kappa shape index (κ1) is 12.6. The van der Waals surface area contributed by atoms with Gasteiger partial charge in [0.05, 0.1) is 13.7 Å². The molecule has 0 unspecified atom stereocenters. The van der Waals surface area contributed by atoms with E-state index < -0.39 is 0 Å². The first-order chi connectivity index (χ1) is 8.20. The quantitative estimate of drug-likeness (QED) is 0.801. The highest BCUT2D eigenvalue weighted by atomic mass is 79.9. The van der Waals surface area contributed by atoms with Gasteiger partial charge in [0.15, 0.2) is 5.78 Å². The van der Waals surface area contributed by atoms with Crippen LogP contribution < -0.4 is 4.74 Å². The first-order valence-corrected chi connectivity index (χ1v) is 6.59. The Morgan fingerprint density at radius 2 is 2.12 bits per heavy atom. The molecule has 1 aliphatic heterocycles. The van der Waals surface area contributed by atoms with E-state index in [9.17, 15) is 4.79 Å². The van der Waals surface area contributed by atoms with Crippen LogP contribution in [-0.4, -0.2) is 37.4 Å². The van der Waals surface area contributed by atoms with Gasteiger partial charge in [0.2, 0.25) is 0 Å². The molecule has 3 nitrogen and oxygen atoms in total. The fraction of sp³-hybridized carbons (Fsp3) is 0.462. The minimum atomic E-state index is 0.151. The second-order valence-electron chi connectivity index (χ2n) is 4.25. The third-order valence-corrected chi connectivity index (χ3v) is 3.73. The Balaban J connectivity index is 2.11. The van der Waals surface area contributed by atoms with Crippen molar-refractivity contribution >= 4 is 21.7 Å². The summed E-state index contributed by atoms with van der Waals surface area (Å²) in [5, 5.41) is 0. The largest absolute Gasteiger partial charge is 0.497 e. The summed E-state index contributed by atoms with van der Waals surface area (Å²) in [6.45, 7) is 2.58. The van der Waals surface area contributed by atoms with Crippen molar-refractivity contribution in [3.05, 3.63) is 28.2 Å². The van der Waals surface area contributed by atoms with E-state index in [2.05, 4.69) is 20.8 Å². The molecule has 1 saturated heterocycles. The van der Waals surface area contributed by atoms with E-state index in [-0.39, 0.29) is 5.78 Å². The number of benzene rings is 1. The fourth-order valence-corrected chi connectivity index (χ4v) is 2.54. The van der Waals surface area contributed by atoms with Crippen molar-refractivity contribution in [2.45, 2.75) is 12.8 Å². The van der Waals surface area contributed by atoms with Crippen LogP contribution in [0.15, 0.2) is 22.7 Å². The van der Waals surface area contributed by atoms with Gasteiger partial charge in [0, 0.05) is 10.0 Å². The summed E-state index contributed by atoms with van der Waals surface area (Å²) >= 11 is 3.41. The van der Waals surface area contributed by atoms with Crippen molar-refractivity contribution < 1.29 is 9.53 Å². The predicted octanol–water partition coefficient (Wildman–Crippen LogP) is 2.74. The molecular formula is C13H16BrNO2. The van der Waals surface area contributed by atoms with Crippen molar-refractivity contribution in [3.63, 3.8) is 0 Å². The topological polar surface area (TPSA) is 29.5 Å². The van der Waals surface area contributed by atoms with Gasteiger partial charge in [-0.2, -0.15) is 0 Å². The normalized spacial score (nSPS) is 16.1. The van der Waals surface area contributed by atoms with Gasteiger partial charge in [-0.15, -0.1) is 0 Å². The lowest BCUT2D eigenvalue weighted by Gasteiger charge is -2.14. The summed E-state index contributed by atoms with van der Waals surface area (Å²) < 4.78 is 5.98. The van der Waals surface area contributed by atoms with E-state index in [4.69, 9.17) is 4.74 Å². The second kappa shape index (κ2) is 5.65. The van der Waals surface area contributed by atoms with Crippen molar-refractivity contribution in [1.29, 1.82) is 0 Å². The monoisotopic (exact) mass is 297 g/mol. The summed E-state index contributed by atoms with van der Waals surface area (Å²) in [7, 11) is 1.61. The van der Waals surface area contributed by atoms with E-state index >= 15 is 0 Å².